The van der Waals surface area contributed by atoms with E-state index in [1.807, 2.05) is 35.2 Å². The van der Waals surface area contributed by atoms with Crippen LogP contribution in [0.15, 0.2) is 54.6 Å². The lowest BCUT2D eigenvalue weighted by atomic mass is 9.76. The number of nitrogens with zero attached hydrogens (tertiary/aromatic N) is 2. The van der Waals surface area contributed by atoms with Crippen LogP contribution in [0.5, 0.6) is 0 Å². The summed E-state index contributed by atoms with van der Waals surface area (Å²) in [5.41, 5.74) is 3.56. The van der Waals surface area contributed by atoms with E-state index in [0.717, 1.165) is 37.8 Å². The van der Waals surface area contributed by atoms with E-state index in [1.54, 1.807) is 0 Å². The first-order valence-corrected chi connectivity index (χ1v) is 11.8. The maximum atomic E-state index is 13.4. The molecule has 2 aromatic rings. The van der Waals surface area contributed by atoms with Crippen molar-refractivity contribution in [3.63, 3.8) is 0 Å². The van der Waals surface area contributed by atoms with E-state index in [9.17, 15) is 9.59 Å². The summed E-state index contributed by atoms with van der Waals surface area (Å²) in [6.45, 7) is 1.46. The van der Waals surface area contributed by atoms with Gasteiger partial charge in [-0.15, -0.1) is 11.6 Å². The molecule has 3 aliphatic heterocycles. The largest absolute Gasteiger partial charge is 0.335 e. The number of piperidine rings is 2. The first kappa shape index (κ1) is 20.4. The zero-order valence-electron chi connectivity index (χ0n) is 17.5. The van der Waals surface area contributed by atoms with Crippen LogP contribution >= 0.6 is 11.6 Å². The molecule has 3 aliphatic rings. The summed E-state index contributed by atoms with van der Waals surface area (Å²) in [5.74, 6) is 0.415. The Kier molecular flexibility index (Phi) is 5.61. The minimum atomic E-state index is -0.248. The fourth-order valence-electron chi connectivity index (χ4n) is 5.63. The number of carbonyl (C=O) groups excluding carboxylic acids is 2. The smallest absolute Gasteiger partial charge is 0.318 e. The van der Waals surface area contributed by atoms with E-state index in [4.69, 9.17) is 11.6 Å². The van der Waals surface area contributed by atoms with Crippen molar-refractivity contribution < 1.29 is 9.59 Å². The number of amides is 3. The van der Waals surface area contributed by atoms with Crippen LogP contribution in [0.3, 0.4) is 0 Å². The summed E-state index contributed by atoms with van der Waals surface area (Å²) < 4.78 is 0. The zero-order chi connectivity index (χ0) is 21.4. The van der Waals surface area contributed by atoms with E-state index in [-0.39, 0.29) is 36.0 Å². The van der Waals surface area contributed by atoms with E-state index in [1.165, 1.54) is 11.1 Å². The third-order valence-electron chi connectivity index (χ3n) is 7.17. The molecule has 0 bridgehead atoms. The molecule has 1 N–H and O–H groups in total. The minimum Gasteiger partial charge on any atom is -0.335 e. The molecule has 5 rings (SSSR count). The lowest BCUT2D eigenvalue weighted by molar-refractivity contribution is -0.148. The number of nitrogens with one attached hydrogen (secondary N) is 1. The number of hydrogen-bond acceptors (Lipinski definition) is 2. The van der Waals surface area contributed by atoms with Crippen LogP contribution in [0.1, 0.15) is 48.0 Å². The van der Waals surface area contributed by atoms with Crippen molar-refractivity contribution in [1.29, 1.82) is 0 Å². The lowest BCUT2D eigenvalue weighted by Gasteiger charge is -2.51. The molecule has 0 aromatic heterocycles. The molecular formula is C25H28ClN3O2. The predicted octanol–water partition coefficient (Wildman–Crippen LogP) is 4.29. The molecular weight excluding hydrogens is 410 g/mol. The van der Waals surface area contributed by atoms with E-state index in [0.29, 0.717) is 12.4 Å². The Morgan fingerprint density at radius 1 is 1.10 bits per heavy atom. The van der Waals surface area contributed by atoms with Gasteiger partial charge >= 0.3 is 6.03 Å². The van der Waals surface area contributed by atoms with Gasteiger partial charge in [0.2, 0.25) is 5.91 Å². The molecule has 162 valence electrons. The predicted molar refractivity (Wildman–Crippen MR) is 121 cm³/mol. The fraction of sp³-hybridized carbons (Fsp3) is 0.440. The monoisotopic (exact) mass is 437 g/mol. The lowest BCUT2D eigenvalue weighted by Crippen LogP contribution is -2.61. The van der Waals surface area contributed by atoms with Crippen LogP contribution in [-0.2, 0) is 11.2 Å². The van der Waals surface area contributed by atoms with Gasteiger partial charge in [-0.2, -0.15) is 0 Å². The molecule has 0 radical (unpaired) electrons. The summed E-state index contributed by atoms with van der Waals surface area (Å²) in [6.07, 6.45) is 3.42. The summed E-state index contributed by atoms with van der Waals surface area (Å²) in [4.78, 5) is 30.7. The van der Waals surface area contributed by atoms with E-state index < -0.39 is 0 Å². The normalized spacial score (nSPS) is 25.8. The Labute approximate surface area is 188 Å². The number of halogens is 1. The third kappa shape index (κ3) is 3.69. The van der Waals surface area contributed by atoms with Crippen molar-refractivity contribution in [2.75, 3.05) is 19.0 Å². The Balaban J connectivity index is 1.39. The summed E-state index contributed by atoms with van der Waals surface area (Å²) in [5, 5.41) is 3.12. The average Bonchev–Trinajstić information content (AvgIpc) is 2.82. The molecule has 0 aliphatic carbocycles. The second-order valence-electron chi connectivity index (χ2n) is 8.81. The Hall–Kier alpha value is -2.53. The quantitative estimate of drug-likeness (QED) is 0.728. The van der Waals surface area contributed by atoms with Crippen molar-refractivity contribution >= 4 is 23.5 Å². The van der Waals surface area contributed by atoms with Gasteiger partial charge in [0.15, 0.2) is 0 Å². The molecule has 3 heterocycles. The van der Waals surface area contributed by atoms with Crippen molar-refractivity contribution in [2.24, 2.45) is 5.92 Å². The van der Waals surface area contributed by atoms with Gasteiger partial charge in [-0.25, -0.2) is 4.79 Å². The number of fused-ring (bicyclic) bond motifs is 4. The maximum absolute atomic E-state index is 13.4. The van der Waals surface area contributed by atoms with Gasteiger partial charge in [-0.3, -0.25) is 4.79 Å². The van der Waals surface area contributed by atoms with Crippen molar-refractivity contribution in [3.8, 4) is 0 Å². The molecule has 2 fully saturated rings. The van der Waals surface area contributed by atoms with Crippen LogP contribution in [0.4, 0.5) is 4.79 Å². The van der Waals surface area contributed by atoms with Gasteiger partial charge in [-0.05, 0) is 42.4 Å². The standard InChI is InChI=1S/C25H28ClN3O2/c26-16-21(18-8-2-1-3-9-18)27-25(31)29-13-6-11-20-23(29)15-22-19-10-5-4-7-17(19)12-14-28(22)24(20)30/h1-5,7-10,20-23H,6,11-16H2,(H,27,31)/t20-,21-,22-,23-/m0/s1. The van der Waals surface area contributed by atoms with Crippen LogP contribution in [0.2, 0.25) is 0 Å². The Morgan fingerprint density at radius 2 is 1.87 bits per heavy atom. The SMILES string of the molecule is O=C1[C@H]2CCCN(C(=O)N[C@@H](CCl)c3ccccc3)[C@H]2C[C@H]2c3ccccc3CCN12. The second-order valence-corrected chi connectivity index (χ2v) is 9.12. The first-order valence-electron chi connectivity index (χ1n) is 11.2. The second kappa shape index (κ2) is 8.54. The highest BCUT2D eigenvalue weighted by Gasteiger charge is 2.48. The van der Waals surface area contributed by atoms with E-state index >= 15 is 0 Å². The van der Waals surface area contributed by atoms with E-state index in [2.05, 4.69) is 34.5 Å². The molecule has 3 amide bonds. The number of carbonyl (C=O) groups is 2. The zero-order valence-corrected chi connectivity index (χ0v) is 18.3. The first-order chi connectivity index (χ1) is 15.2. The van der Waals surface area contributed by atoms with Gasteiger partial charge in [0.05, 0.1) is 18.0 Å². The number of hydrogen-bond donors (Lipinski definition) is 1. The molecule has 2 aromatic carbocycles. The highest BCUT2D eigenvalue weighted by molar-refractivity contribution is 6.18. The van der Waals surface area contributed by atoms with Crippen LogP contribution in [0, 0.1) is 5.92 Å². The van der Waals surface area contributed by atoms with Crippen LogP contribution < -0.4 is 5.32 Å². The fourth-order valence-corrected chi connectivity index (χ4v) is 5.88. The van der Waals surface area contributed by atoms with Crippen molar-refractivity contribution in [2.45, 2.75) is 43.8 Å². The third-order valence-corrected chi connectivity index (χ3v) is 7.48. The molecule has 6 heteroatoms. The van der Waals surface area contributed by atoms with Gasteiger partial charge in [0.25, 0.3) is 0 Å². The summed E-state index contributed by atoms with van der Waals surface area (Å²) in [6, 6.07) is 17.9. The number of urea groups is 1. The molecule has 0 saturated carbocycles. The molecule has 0 spiro atoms. The summed E-state index contributed by atoms with van der Waals surface area (Å²) >= 11 is 6.20. The highest BCUT2D eigenvalue weighted by Crippen LogP contribution is 2.43. The van der Waals surface area contributed by atoms with Crippen molar-refractivity contribution in [1.82, 2.24) is 15.1 Å². The molecule has 5 nitrogen and oxygen atoms in total. The highest BCUT2D eigenvalue weighted by atomic mass is 35.5. The maximum Gasteiger partial charge on any atom is 0.318 e. The molecule has 31 heavy (non-hydrogen) atoms. The Morgan fingerprint density at radius 3 is 2.68 bits per heavy atom. The van der Waals surface area contributed by atoms with Gasteiger partial charge in [-0.1, -0.05) is 54.6 Å². The molecule has 4 atom stereocenters. The molecule has 2 saturated heterocycles. The van der Waals surface area contributed by atoms with Gasteiger partial charge < -0.3 is 15.1 Å². The van der Waals surface area contributed by atoms with Gasteiger partial charge in [0.1, 0.15) is 0 Å². The number of benzene rings is 2. The Bertz CT molecular complexity index is 966. The van der Waals surface area contributed by atoms with Crippen LogP contribution in [-0.4, -0.2) is 46.7 Å². The number of likely N-dealkylation sites (tertiary alicyclic amines) is 1. The minimum absolute atomic E-state index is 0.0602. The average molecular weight is 438 g/mol. The number of rotatable bonds is 3. The van der Waals surface area contributed by atoms with Crippen LogP contribution in [0.25, 0.3) is 0 Å². The molecule has 0 unspecified atom stereocenters. The van der Waals surface area contributed by atoms with Gasteiger partial charge in [0, 0.05) is 25.0 Å². The number of alkyl halides is 1. The summed E-state index contributed by atoms with van der Waals surface area (Å²) in [7, 11) is 0. The van der Waals surface area contributed by atoms with Crippen molar-refractivity contribution in [3.05, 3.63) is 71.3 Å². The topological polar surface area (TPSA) is 52.7 Å².